The molecule has 7 heteroatoms. The summed E-state index contributed by atoms with van der Waals surface area (Å²) in [7, 11) is 0. The van der Waals surface area contributed by atoms with Crippen molar-refractivity contribution in [3.8, 4) is 0 Å². The number of fused-ring (bicyclic) bond motifs is 1. The van der Waals surface area contributed by atoms with Crippen LogP contribution >= 0.6 is 11.6 Å². The molecule has 1 aromatic heterocycles. The number of furan rings is 1. The van der Waals surface area contributed by atoms with Crippen LogP contribution in [0.15, 0.2) is 33.8 Å². The zero-order valence-electron chi connectivity index (χ0n) is 17.2. The Hall–Kier alpha value is -2.60. The van der Waals surface area contributed by atoms with E-state index in [1.54, 1.807) is 24.3 Å². The number of aryl methyl sites for hydroxylation is 1. The van der Waals surface area contributed by atoms with Gasteiger partial charge in [-0.25, -0.2) is 5.43 Å². The van der Waals surface area contributed by atoms with Gasteiger partial charge < -0.3 is 9.32 Å². The van der Waals surface area contributed by atoms with Gasteiger partial charge in [0.15, 0.2) is 5.76 Å². The van der Waals surface area contributed by atoms with Crippen LogP contribution < -0.4 is 5.43 Å². The number of halogens is 1. The quantitative estimate of drug-likeness (QED) is 0.719. The lowest BCUT2D eigenvalue weighted by molar-refractivity contribution is 0.0726. The normalized spacial score (nSPS) is 18.1. The molecule has 2 aromatic rings. The molecule has 1 fully saturated rings. The highest BCUT2D eigenvalue weighted by molar-refractivity contribution is 6.33. The summed E-state index contributed by atoms with van der Waals surface area (Å²) in [4.78, 5) is 27.5. The average molecular weight is 428 g/mol. The molecule has 1 saturated heterocycles. The van der Waals surface area contributed by atoms with Crippen LogP contribution in [-0.4, -0.2) is 35.5 Å². The number of hydrogen-bond donors (Lipinski definition) is 1. The maximum absolute atomic E-state index is 13.1. The number of carbonyl (C=O) groups is 2. The van der Waals surface area contributed by atoms with Gasteiger partial charge in [0.05, 0.1) is 16.3 Å². The molecule has 0 radical (unpaired) electrons. The molecule has 1 aliphatic heterocycles. The molecule has 0 unspecified atom stereocenters. The summed E-state index contributed by atoms with van der Waals surface area (Å²) in [5, 5.41) is 4.76. The van der Waals surface area contributed by atoms with Crippen LogP contribution in [0.1, 0.15) is 76.3 Å². The molecule has 0 atom stereocenters. The van der Waals surface area contributed by atoms with Gasteiger partial charge in [0.1, 0.15) is 5.76 Å². The number of carbonyl (C=O) groups excluding carboxylic acids is 2. The summed E-state index contributed by atoms with van der Waals surface area (Å²) < 4.78 is 6.03. The minimum absolute atomic E-state index is 0.0387. The van der Waals surface area contributed by atoms with Crippen molar-refractivity contribution in [1.29, 1.82) is 0 Å². The second kappa shape index (κ2) is 9.04. The number of benzene rings is 1. The predicted octanol–water partition coefficient (Wildman–Crippen LogP) is 4.73. The monoisotopic (exact) mass is 427 g/mol. The maximum atomic E-state index is 13.1. The van der Waals surface area contributed by atoms with Crippen molar-refractivity contribution in [3.63, 3.8) is 0 Å². The summed E-state index contributed by atoms with van der Waals surface area (Å²) in [6, 6.07) is 6.86. The van der Waals surface area contributed by atoms with Crippen molar-refractivity contribution in [1.82, 2.24) is 10.3 Å². The summed E-state index contributed by atoms with van der Waals surface area (Å²) in [6.45, 7) is 3.46. The minimum Gasteiger partial charge on any atom is -0.455 e. The van der Waals surface area contributed by atoms with E-state index in [0.717, 1.165) is 61.4 Å². The number of nitrogens with zero attached hydrogens (tertiary/aromatic N) is 2. The van der Waals surface area contributed by atoms with Gasteiger partial charge in [0.2, 0.25) is 0 Å². The Bertz CT molecular complexity index is 988. The molecule has 0 bridgehead atoms. The van der Waals surface area contributed by atoms with E-state index in [0.29, 0.717) is 22.8 Å². The molecule has 2 heterocycles. The summed E-state index contributed by atoms with van der Waals surface area (Å²) in [5.41, 5.74) is 5.40. The molecule has 158 valence electrons. The van der Waals surface area contributed by atoms with E-state index >= 15 is 0 Å². The molecule has 0 saturated carbocycles. The molecule has 30 heavy (non-hydrogen) atoms. The fourth-order valence-electron chi connectivity index (χ4n) is 4.23. The van der Waals surface area contributed by atoms with Gasteiger partial charge in [-0.2, -0.15) is 5.10 Å². The molecule has 2 amide bonds. The highest BCUT2D eigenvalue weighted by atomic mass is 35.5. The van der Waals surface area contributed by atoms with Crippen LogP contribution in [0, 0.1) is 6.92 Å². The van der Waals surface area contributed by atoms with Gasteiger partial charge in [-0.05, 0) is 44.7 Å². The second-order valence-electron chi connectivity index (χ2n) is 7.89. The zero-order chi connectivity index (χ0) is 21.1. The van der Waals surface area contributed by atoms with Gasteiger partial charge in [-0.1, -0.05) is 36.6 Å². The lowest BCUT2D eigenvalue weighted by Crippen LogP contribution is -2.32. The van der Waals surface area contributed by atoms with Crippen molar-refractivity contribution in [2.24, 2.45) is 5.10 Å². The van der Waals surface area contributed by atoms with E-state index in [1.165, 1.54) is 12.8 Å². The van der Waals surface area contributed by atoms with Crippen LogP contribution in [0.25, 0.3) is 0 Å². The van der Waals surface area contributed by atoms with Crippen molar-refractivity contribution in [2.45, 2.75) is 51.9 Å². The molecule has 1 N–H and O–H groups in total. The molecule has 4 rings (SSSR count). The van der Waals surface area contributed by atoms with E-state index < -0.39 is 0 Å². The fourth-order valence-corrected chi connectivity index (χ4v) is 4.45. The number of hydrazone groups is 1. The first-order valence-corrected chi connectivity index (χ1v) is 11.0. The smallest absolute Gasteiger partial charge is 0.289 e. The van der Waals surface area contributed by atoms with E-state index in [4.69, 9.17) is 16.0 Å². The average Bonchev–Trinajstić information content (AvgIpc) is 2.93. The lowest BCUT2D eigenvalue weighted by Gasteiger charge is -2.19. The molecular weight excluding hydrogens is 402 g/mol. The molecule has 0 spiro atoms. The number of amides is 2. The summed E-state index contributed by atoms with van der Waals surface area (Å²) in [6.07, 6.45) is 6.74. The third kappa shape index (κ3) is 4.15. The Morgan fingerprint density at radius 1 is 1.07 bits per heavy atom. The van der Waals surface area contributed by atoms with E-state index in [-0.39, 0.29) is 11.8 Å². The van der Waals surface area contributed by atoms with E-state index in [1.807, 2.05) is 11.8 Å². The SMILES string of the molecule is Cc1c(C(=O)N2CCCCCC2)oc2c1/C(=N/NC(=O)c1ccccc1Cl)CCC2. The van der Waals surface area contributed by atoms with Crippen LogP contribution in [0.2, 0.25) is 5.02 Å². The Balaban J connectivity index is 1.58. The number of hydrogen-bond acceptors (Lipinski definition) is 4. The highest BCUT2D eigenvalue weighted by Crippen LogP contribution is 2.31. The number of rotatable bonds is 3. The van der Waals surface area contributed by atoms with Crippen molar-refractivity contribution >= 4 is 29.1 Å². The van der Waals surface area contributed by atoms with Crippen LogP contribution in [-0.2, 0) is 6.42 Å². The highest BCUT2D eigenvalue weighted by Gasteiger charge is 2.30. The number of nitrogens with one attached hydrogen (secondary N) is 1. The Kier molecular flexibility index (Phi) is 6.23. The van der Waals surface area contributed by atoms with Gasteiger partial charge in [0, 0.05) is 30.6 Å². The molecular formula is C23H26ClN3O3. The lowest BCUT2D eigenvalue weighted by atomic mass is 9.93. The molecule has 1 aliphatic carbocycles. The Morgan fingerprint density at radius 3 is 2.53 bits per heavy atom. The topological polar surface area (TPSA) is 74.9 Å². The largest absolute Gasteiger partial charge is 0.455 e. The third-order valence-corrected chi connectivity index (χ3v) is 6.15. The summed E-state index contributed by atoms with van der Waals surface area (Å²) >= 11 is 6.10. The van der Waals surface area contributed by atoms with Gasteiger partial charge >= 0.3 is 0 Å². The molecule has 2 aliphatic rings. The maximum Gasteiger partial charge on any atom is 0.289 e. The van der Waals surface area contributed by atoms with Crippen molar-refractivity contribution in [2.75, 3.05) is 13.1 Å². The molecule has 1 aromatic carbocycles. The van der Waals surface area contributed by atoms with Gasteiger partial charge in [0.25, 0.3) is 11.8 Å². The standard InChI is InChI=1S/C23H26ClN3O3/c1-15-20-18(25-26-22(28)16-9-4-5-10-17(16)24)11-8-12-19(20)30-21(15)23(29)27-13-6-2-3-7-14-27/h4-5,9-10H,2-3,6-8,11-14H2,1H3,(H,26,28)/b25-18+. The first-order valence-electron chi connectivity index (χ1n) is 10.6. The fraction of sp³-hybridized carbons (Fsp3) is 0.435. The second-order valence-corrected chi connectivity index (χ2v) is 8.30. The van der Waals surface area contributed by atoms with E-state index in [2.05, 4.69) is 10.5 Å². The predicted molar refractivity (Wildman–Crippen MR) is 116 cm³/mol. The van der Waals surface area contributed by atoms with Crippen LogP contribution in [0.3, 0.4) is 0 Å². The van der Waals surface area contributed by atoms with Crippen molar-refractivity contribution < 1.29 is 14.0 Å². The molecule has 6 nitrogen and oxygen atoms in total. The van der Waals surface area contributed by atoms with Crippen molar-refractivity contribution in [3.05, 3.63) is 57.5 Å². The van der Waals surface area contributed by atoms with Crippen LogP contribution in [0.4, 0.5) is 0 Å². The zero-order valence-corrected chi connectivity index (χ0v) is 17.9. The van der Waals surface area contributed by atoms with Crippen LogP contribution in [0.5, 0.6) is 0 Å². The Morgan fingerprint density at radius 2 is 1.80 bits per heavy atom. The summed E-state index contributed by atoms with van der Waals surface area (Å²) in [5.74, 6) is 0.794. The number of likely N-dealkylation sites (tertiary alicyclic amines) is 1. The first-order chi connectivity index (χ1) is 14.6. The van der Waals surface area contributed by atoms with Gasteiger partial charge in [-0.3, -0.25) is 9.59 Å². The minimum atomic E-state index is -0.359. The van der Waals surface area contributed by atoms with Gasteiger partial charge in [-0.15, -0.1) is 0 Å². The Labute approximate surface area is 181 Å². The first kappa shape index (κ1) is 20.7. The third-order valence-electron chi connectivity index (χ3n) is 5.82. The van der Waals surface area contributed by atoms with E-state index in [9.17, 15) is 9.59 Å².